The minimum absolute atomic E-state index is 0.0158. The summed E-state index contributed by atoms with van der Waals surface area (Å²) in [7, 11) is 0. The van der Waals surface area contributed by atoms with E-state index in [-0.39, 0.29) is 11.9 Å². The monoisotopic (exact) mass is 348 g/mol. The highest BCUT2D eigenvalue weighted by Crippen LogP contribution is 2.44. The normalized spacial score (nSPS) is 27.0. The molecule has 2 amide bonds. The Hall–Kier alpha value is -1.55. The van der Waals surface area contributed by atoms with E-state index in [2.05, 4.69) is 18.3 Å². The van der Waals surface area contributed by atoms with Crippen molar-refractivity contribution in [3.63, 3.8) is 0 Å². The molecule has 1 N–H and O–H groups in total. The van der Waals surface area contributed by atoms with Crippen molar-refractivity contribution in [2.75, 3.05) is 0 Å². The second-order valence-electron chi connectivity index (χ2n) is 7.04. The average molecular weight is 349 g/mol. The first kappa shape index (κ1) is 17.3. The Morgan fingerprint density at radius 3 is 2.58 bits per heavy atom. The topological polar surface area (TPSA) is 49.4 Å². The van der Waals surface area contributed by atoms with Crippen molar-refractivity contribution in [2.24, 2.45) is 0 Å². The van der Waals surface area contributed by atoms with Crippen LogP contribution in [0.25, 0.3) is 0 Å². The van der Waals surface area contributed by atoms with Crippen molar-refractivity contribution in [3.05, 3.63) is 34.3 Å². The number of amides is 2. The number of carbonyl (C=O) groups is 2. The van der Waals surface area contributed by atoms with Crippen molar-refractivity contribution in [3.8, 4) is 0 Å². The zero-order valence-corrected chi connectivity index (χ0v) is 15.1. The second kappa shape index (κ2) is 7.14. The fraction of sp³-hybridized carbons (Fsp3) is 0.579. The van der Waals surface area contributed by atoms with E-state index in [0.29, 0.717) is 23.0 Å². The van der Waals surface area contributed by atoms with Crippen LogP contribution in [0.4, 0.5) is 0 Å². The van der Waals surface area contributed by atoms with Gasteiger partial charge >= 0.3 is 0 Å². The van der Waals surface area contributed by atoms with Gasteiger partial charge in [-0.05, 0) is 61.3 Å². The maximum Gasteiger partial charge on any atom is 0.217 e. The van der Waals surface area contributed by atoms with Gasteiger partial charge in [-0.25, -0.2) is 0 Å². The molecule has 3 rings (SSSR count). The SMILES string of the molecule is CCC(NC(C)=O)c1cc(Cl)ccc1C1CC2CCC(C1)N2C=O. The quantitative estimate of drug-likeness (QED) is 0.823. The van der Waals surface area contributed by atoms with Gasteiger partial charge in [-0.1, -0.05) is 24.6 Å². The van der Waals surface area contributed by atoms with Crippen LogP contribution in [0, 0.1) is 0 Å². The van der Waals surface area contributed by atoms with Crippen LogP contribution >= 0.6 is 11.6 Å². The Labute approximate surface area is 148 Å². The molecule has 24 heavy (non-hydrogen) atoms. The minimum Gasteiger partial charge on any atom is -0.350 e. The van der Waals surface area contributed by atoms with Crippen molar-refractivity contribution in [2.45, 2.75) is 70.0 Å². The number of benzene rings is 1. The Kier molecular flexibility index (Phi) is 5.14. The Morgan fingerprint density at radius 1 is 1.38 bits per heavy atom. The molecule has 1 aromatic rings. The fourth-order valence-electron chi connectivity index (χ4n) is 4.50. The van der Waals surface area contributed by atoms with Crippen LogP contribution in [-0.4, -0.2) is 29.3 Å². The molecule has 0 radical (unpaired) electrons. The molecule has 5 heteroatoms. The molecule has 2 aliphatic heterocycles. The van der Waals surface area contributed by atoms with Gasteiger partial charge in [-0.3, -0.25) is 9.59 Å². The first-order valence-electron chi connectivity index (χ1n) is 8.82. The highest BCUT2D eigenvalue weighted by molar-refractivity contribution is 6.30. The van der Waals surface area contributed by atoms with E-state index in [1.807, 2.05) is 17.0 Å². The molecule has 2 fully saturated rings. The Morgan fingerprint density at radius 2 is 2.04 bits per heavy atom. The third-order valence-electron chi connectivity index (χ3n) is 5.56. The van der Waals surface area contributed by atoms with Gasteiger partial charge in [0.1, 0.15) is 0 Å². The summed E-state index contributed by atoms with van der Waals surface area (Å²) in [5, 5.41) is 3.75. The molecule has 1 aromatic carbocycles. The summed E-state index contributed by atoms with van der Waals surface area (Å²) in [5.74, 6) is 0.400. The zero-order valence-electron chi connectivity index (χ0n) is 14.3. The fourth-order valence-corrected chi connectivity index (χ4v) is 4.68. The van der Waals surface area contributed by atoms with Gasteiger partial charge in [0.25, 0.3) is 0 Å². The van der Waals surface area contributed by atoms with Crippen LogP contribution in [0.15, 0.2) is 18.2 Å². The average Bonchev–Trinajstić information content (AvgIpc) is 2.80. The first-order valence-corrected chi connectivity index (χ1v) is 9.20. The van der Waals surface area contributed by atoms with Crippen LogP contribution in [-0.2, 0) is 9.59 Å². The van der Waals surface area contributed by atoms with Crippen molar-refractivity contribution in [1.29, 1.82) is 0 Å². The summed E-state index contributed by atoms with van der Waals surface area (Å²) in [6.07, 6.45) is 6.05. The first-order chi connectivity index (χ1) is 11.5. The van der Waals surface area contributed by atoms with Gasteiger partial charge in [0, 0.05) is 24.0 Å². The third kappa shape index (κ3) is 3.30. The molecule has 2 bridgehead atoms. The molecule has 3 unspecified atom stereocenters. The predicted octanol–water partition coefficient (Wildman–Crippen LogP) is 3.79. The van der Waals surface area contributed by atoms with E-state index < -0.39 is 0 Å². The van der Waals surface area contributed by atoms with Gasteiger partial charge in [0.15, 0.2) is 0 Å². The van der Waals surface area contributed by atoms with E-state index >= 15 is 0 Å². The molecule has 130 valence electrons. The molecule has 2 saturated heterocycles. The van der Waals surface area contributed by atoms with E-state index in [1.54, 1.807) is 6.92 Å². The van der Waals surface area contributed by atoms with Gasteiger partial charge in [-0.15, -0.1) is 0 Å². The standard InChI is InChI=1S/C19H25ClN2O2/c1-3-19(21-12(2)24)18-10-14(20)4-7-17(18)13-8-15-5-6-16(9-13)22(15)11-23/h4,7,10-11,13,15-16,19H,3,5-6,8-9H2,1-2H3,(H,21,24). The summed E-state index contributed by atoms with van der Waals surface area (Å²) in [6, 6.07) is 6.75. The minimum atomic E-state index is -0.0244. The number of nitrogens with one attached hydrogen (secondary N) is 1. The van der Waals surface area contributed by atoms with E-state index in [1.165, 1.54) is 5.56 Å². The van der Waals surface area contributed by atoms with Crippen molar-refractivity contribution in [1.82, 2.24) is 10.2 Å². The number of fused-ring (bicyclic) bond motifs is 2. The van der Waals surface area contributed by atoms with Gasteiger partial charge in [0.05, 0.1) is 6.04 Å². The van der Waals surface area contributed by atoms with Crippen LogP contribution in [0.3, 0.4) is 0 Å². The molecule has 0 spiro atoms. The van der Waals surface area contributed by atoms with Gasteiger partial charge in [0.2, 0.25) is 12.3 Å². The number of carbonyl (C=O) groups excluding carboxylic acids is 2. The number of rotatable bonds is 5. The lowest BCUT2D eigenvalue weighted by Crippen LogP contribution is -2.41. The van der Waals surface area contributed by atoms with Crippen molar-refractivity contribution >= 4 is 23.9 Å². The lowest BCUT2D eigenvalue weighted by molar-refractivity contribution is -0.122. The Balaban J connectivity index is 1.91. The summed E-state index contributed by atoms with van der Waals surface area (Å²) < 4.78 is 0. The largest absolute Gasteiger partial charge is 0.350 e. The summed E-state index contributed by atoms with van der Waals surface area (Å²) in [5.41, 5.74) is 2.41. The summed E-state index contributed by atoms with van der Waals surface area (Å²) in [6.45, 7) is 3.62. The lowest BCUT2D eigenvalue weighted by Gasteiger charge is -2.38. The molecule has 0 aliphatic carbocycles. The van der Waals surface area contributed by atoms with E-state index in [4.69, 9.17) is 11.6 Å². The molecular weight excluding hydrogens is 324 g/mol. The number of hydrogen-bond donors (Lipinski definition) is 1. The van der Waals surface area contributed by atoms with Crippen LogP contribution in [0.2, 0.25) is 5.02 Å². The maximum atomic E-state index is 11.6. The number of hydrogen-bond acceptors (Lipinski definition) is 2. The number of nitrogens with zero attached hydrogens (tertiary/aromatic N) is 1. The van der Waals surface area contributed by atoms with Crippen LogP contribution in [0.1, 0.15) is 69.0 Å². The van der Waals surface area contributed by atoms with Crippen molar-refractivity contribution < 1.29 is 9.59 Å². The highest BCUT2D eigenvalue weighted by atomic mass is 35.5. The van der Waals surface area contributed by atoms with Crippen LogP contribution < -0.4 is 5.32 Å². The van der Waals surface area contributed by atoms with E-state index in [0.717, 1.165) is 44.1 Å². The predicted molar refractivity (Wildman–Crippen MR) is 95.0 cm³/mol. The smallest absolute Gasteiger partial charge is 0.217 e. The maximum absolute atomic E-state index is 11.6. The lowest BCUT2D eigenvalue weighted by atomic mass is 9.81. The molecule has 0 saturated carbocycles. The van der Waals surface area contributed by atoms with Gasteiger partial charge in [-0.2, -0.15) is 0 Å². The summed E-state index contributed by atoms with van der Waals surface area (Å²) >= 11 is 6.24. The van der Waals surface area contributed by atoms with Crippen LogP contribution in [0.5, 0.6) is 0 Å². The Bertz CT molecular complexity index is 620. The zero-order chi connectivity index (χ0) is 17.3. The molecule has 2 aliphatic rings. The van der Waals surface area contributed by atoms with E-state index in [9.17, 15) is 9.59 Å². The number of piperidine rings is 1. The second-order valence-corrected chi connectivity index (χ2v) is 7.48. The van der Waals surface area contributed by atoms with Gasteiger partial charge < -0.3 is 10.2 Å². The third-order valence-corrected chi connectivity index (χ3v) is 5.80. The number of halogens is 1. The molecule has 0 aromatic heterocycles. The molecule has 4 nitrogen and oxygen atoms in total. The molecular formula is C19H25ClN2O2. The highest BCUT2D eigenvalue weighted by Gasteiger charge is 2.41. The molecule has 2 heterocycles. The molecule has 3 atom stereocenters. The summed E-state index contributed by atoms with van der Waals surface area (Å²) in [4.78, 5) is 24.9.